The van der Waals surface area contributed by atoms with Gasteiger partial charge in [-0.25, -0.2) is 4.98 Å². The Morgan fingerprint density at radius 2 is 1.90 bits per heavy atom. The third-order valence-corrected chi connectivity index (χ3v) is 5.00. The highest BCUT2D eigenvalue weighted by Crippen LogP contribution is 2.23. The van der Waals surface area contributed by atoms with E-state index < -0.39 is 17.9 Å². The zero-order valence-corrected chi connectivity index (χ0v) is 17.5. The van der Waals surface area contributed by atoms with Crippen LogP contribution in [0.2, 0.25) is 0 Å². The van der Waals surface area contributed by atoms with E-state index in [1.54, 1.807) is 49.4 Å². The van der Waals surface area contributed by atoms with E-state index in [-0.39, 0.29) is 11.3 Å². The summed E-state index contributed by atoms with van der Waals surface area (Å²) in [7, 11) is 1.53. The number of benzene rings is 2. The third kappa shape index (κ3) is 5.16. The van der Waals surface area contributed by atoms with Crippen LogP contribution >= 0.6 is 0 Å². The van der Waals surface area contributed by atoms with E-state index in [4.69, 9.17) is 0 Å². The molecular formula is C23H24N4O4. The van der Waals surface area contributed by atoms with E-state index in [1.807, 2.05) is 6.92 Å². The van der Waals surface area contributed by atoms with Gasteiger partial charge in [0.05, 0.1) is 6.04 Å². The second kappa shape index (κ2) is 9.25. The van der Waals surface area contributed by atoms with Crippen molar-refractivity contribution in [2.24, 2.45) is 0 Å². The monoisotopic (exact) mass is 420 g/mol. The maximum Gasteiger partial charge on any atom is 0.313 e. The van der Waals surface area contributed by atoms with Crippen LogP contribution in [-0.2, 0) is 16.0 Å². The Morgan fingerprint density at radius 1 is 1.16 bits per heavy atom. The normalized spacial score (nSPS) is 11.6. The minimum atomic E-state index is -0.796. The lowest BCUT2D eigenvalue weighted by Gasteiger charge is -2.24. The van der Waals surface area contributed by atoms with Gasteiger partial charge in [-0.2, -0.15) is 0 Å². The molecule has 3 aromatic rings. The number of aromatic amines is 1. The molecule has 0 saturated carbocycles. The van der Waals surface area contributed by atoms with Crippen molar-refractivity contribution in [1.29, 1.82) is 0 Å². The van der Waals surface area contributed by atoms with Gasteiger partial charge >= 0.3 is 11.8 Å². The molecule has 0 saturated heterocycles. The van der Waals surface area contributed by atoms with E-state index in [0.29, 0.717) is 34.8 Å². The molecule has 0 fully saturated rings. The Labute approximate surface area is 179 Å². The largest absolute Gasteiger partial charge is 0.508 e. The van der Waals surface area contributed by atoms with E-state index in [9.17, 15) is 19.5 Å². The Bertz CT molecular complexity index is 1170. The molecule has 2 aromatic carbocycles. The quantitative estimate of drug-likeness (QED) is 0.549. The average molecular weight is 420 g/mol. The highest BCUT2D eigenvalue weighted by atomic mass is 16.3. The number of phenols is 1. The molecule has 1 aromatic heterocycles. The van der Waals surface area contributed by atoms with Crippen molar-refractivity contribution < 1.29 is 14.7 Å². The summed E-state index contributed by atoms with van der Waals surface area (Å²) in [4.78, 5) is 45.4. The second-order valence-corrected chi connectivity index (χ2v) is 7.16. The lowest BCUT2D eigenvalue weighted by molar-refractivity contribution is -0.143. The second-order valence-electron chi connectivity index (χ2n) is 7.16. The highest BCUT2D eigenvalue weighted by molar-refractivity contribution is 6.39. The molecule has 0 radical (unpaired) electrons. The first-order valence-corrected chi connectivity index (χ1v) is 9.86. The molecule has 0 aliphatic heterocycles. The molecule has 1 atom stereocenters. The van der Waals surface area contributed by atoms with Crippen molar-refractivity contribution in [3.05, 3.63) is 76.2 Å². The molecule has 160 valence electrons. The fourth-order valence-electron chi connectivity index (χ4n) is 3.10. The maximum absolute atomic E-state index is 12.6. The molecule has 0 aliphatic rings. The molecule has 1 heterocycles. The zero-order chi connectivity index (χ0) is 22.5. The Balaban J connectivity index is 1.76. The Morgan fingerprint density at radius 3 is 2.61 bits per heavy atom. The number of anilines is 1. The average Bonchev–Trinajstić information content (AvgIpc) is 2.77. The van der Waals surface area contributed by atoms with Crippen LogP contribution in [0.3, 0.4) is 0 Å². The number of aromatic nitrogens is 2. The summed E-state index contributed by atoms with van der Waals surface area (Å²) in [6.45, 7) is 3.67. The number of carbonyl (C=O) groups is 2. The van der Waals surface area contributed by atoms with Crippen LogP contribution in [0.25, 0.3) is 11.4 Å². The number of carbonyl (C=O) groups excluding carboxylic acids is 2. The SMILES string of the molecule is CCc1cc(=O)[nH]c(-c2cccc(NC(=O)C(=O)N(C)C(C)c3cccc(O)c3)c2)n1. The molecule has 2 amide bonds. The molecule has 1 unspecified atom stereocenters. The first-order valence-electron chi connectivity index (χ1n) is 9.86. The molecule has 31 heavy (non-hydrogen) atoms. The number of phenolic OH excluding ortho intramolecular Hbond substituents is 1. The highest BCUT2D eigenvalue weighted by Gasteiger charge is 2.24. The van der Waals surface area contributed by atoms with Gasteiger partial charge in [-0.3, -0.25) is 14.4 Å². The topological polar surface area (TPSA) is 115 Å². The van der Waals surface area contributed by atoms with Crippen molar-refractivity contribution in [1.82, 2.24) is 14.9 Å². The molecule has 0 bridgehead atoms. The van der Waals surface area contributed by atoms with Crippen LogP contribution in [0.15, 0.2) is 59.4 Å². The first-order chi connectivity index (χ1) is 14.8. The molecule has 0 spiro atoms. The summed E-state index contributed by atoms with van der Waals surface area (Å²) < 4.78 is 0. The summed E-state index contributed by atoms with van der Waals surface area (Å²) in [6, 6.07) is 14.3. The number of nitrogens with one attached hydrogen (secondary N) is 2. The molecular weight excluding hydrogens is 396 g/mol. The van der Waals surface area contributed by atoms with Gasteiger partial charge in [-0.05, 0) is 43.2 Å². The summed E-state index contributed by atoms with van der Waals surface area (Å²) in [5.41, 5.74) is 2.12. The number of amides is 2. The van der Waals surface area contributed by atoms with Gasteiger partial charge in [-0.1, -0.05) is 31.2 Å². The van der Waals surface area contributed by atoms with Gasteiger partial charge in [0, 0.05) is 30.1 Å². The Kier molecular flexibility index (Phi) is 6.49. The van der Waals surface area contributed by atoms with Crippen LogP contribution in [0.1, 0.15) is 31.1 Å². The van der Waals surface area contributed by atoms with Crippen molar-refractivity contribution >= 4 is 17.5 Å². The molecule has 8 nitrogen and oxygen atoms in total. The molecule has 8 heteroatoms. The first kappa shape index (κ1) is 21.8. The number of hydrogen-bond acceptors (Lipinski definition) is 5. The van der Waals surface area contributed by atoms with Gasteiger partial charge in [0.15, 0.2) is 0 Å². The van der Waals surface area contributed by atoms with Gasteiger partial charge in [0.1, 0.15) is 11.6 Å². The summed E-state index contributed by atoms with van der Waals surface area (Å²) in [6.07, 6.45) is 0.617. The smallest absolute Gasteiger partial charge is 0.313 e. The van der Waals surface area contributed by atoms with Gasteiger partial charge < -0.3 is 20.3 Å². The number of likely N-dealkylation sites (N-methyl/N-ethyl adjacent to an activating group) is 1. The molecule has 3 rings (SSSR count). The number of aromatic hydroxyl groups is 1. The molecule has 0 aliphatic carbocycles. The summed E-state index contributed by atoms with van der Waals surface area (Å²) in [5.74, 6) is -1.04. The van der Waals surface area contributed by atoms with Crippen LogP contribution < -0.4 is 10.9 Å². The minimum absolute atomic E-state index is 0.0882. The van der Waals surface area contributed by atoms with Crippen molar-refractivity contribution in [2.75, 3.05) is 12.4 Å². The number of rotatable bonds is 5. The predicted molar refractivity (Wildman–Crippen MR) is 118 cm³/mol. The maximum atomic E-state index is 12.6. The van der Waals surface area contributed by atoms with Crippen LogP contribution in [0, 0.1) is 0 Å². The zero-order valence-electron chi connectivity index (χ0n) is 17.5. The van der Waals surface area contributed by atoms with Gasteiger partial charge in [0.2, 0.25) is 0 Å². The number of H-pyrrole nitrogens is 1. The van der Waals surface area contributed by atoms with Crippen LogP contribution in [-0.4, -0.2) is 38.8 Å². The van der Waals surface area contributed by atoms with Gasteiger partial charge in [0.25, 0.3) is 5.56 Å². The van der Waals surface area contributed by atoms with Crippen molar-refractivity contribution in [3.8, 4) is 17.1 Å². The standard InChI is InChI=1S/C23H24N4O4/c1-4-17-13-20(29)26-21(24-17)16-8-5-9-18(11-16)25-22(30)23(31)27(3)14(2)15-7-6-10-19(28)12-15/h5-14,28H,4H2,1-3H3,(H,25,30)(H,24,26,29). The predicted octanol–water partition coefficient (Wildman–Crippen LogP) is 2.86. The van der Waals surface area contributed by atoms with Crippen LogP contribution in [0.4, 0.5) is 5.69 Å². The van der Waals surface area contributed by atoms with Crippen molar-refractivity contribution in [2.45, 2.75) is 26.3 Å². The van der Waals surface area contributed by atoms with Crippen LogP contribution in [0.5, 0.6) is 5.75 Å². The number of aryl methyl sites for hydroxylation is 1. The lowest BCUT2D eigenvalue weighted by Crippen LogP contribution is -2.38. The van der Waals surface area contributed by atoms with E-state index in [2.05, 4.69) is 15.3 Å². The van der Waals surface area contributed by atoms with Gasteiger partial charge in [-0.15, -0.1) is 0 Å². The van der Waals surface area contributed by atoms with E-state index in [1.165, 1.54) is 24.1 Å². The van der Waals surface area contributed by atoms with E-state index in [0.717, 1.165) is 0 Å². The molecule has 3 N–H and O–H groups in total. The van der Waals surface area contributed by atoms with Crippen molar-refractivity contribution in [3.63, 3.8) is 0 Å². The number of hydrogen-bond donors (Lipinski definition) is 3. The number of nitrogens with zero attached hydrogens (tertiary/aromatic N) is 2. The Hall–Kier alpha value is -3.94. The summed E-state index contributed by atoms with van der Waals surface area (Å²) in [5, 5.41) is 12.2. The minimum Gasteiger partial charge on any atom is -0.508 e. The van der Waals surface area contributed by atoms with E-state index >= 15 is 0 Å². The lowest BCUT2D eigenvalue weighted by atomic mass is 10.1. The fourth-order valence-corrected chi connectivity index (χ4v) is 3.10. The third-order valence-electron chi connectivity index (χ3n) is 5.00. The fraction of sp³-hybridized carbons (Fsp3) is 0.217. The summed E-state index contributed by atoms with van der Waals surface area (Å²) >= 11 is 0.